The molecule has 0 bridgehead atoms. The molecule has 0 spiro atoms. The maximum Gasteiger partial charge on any atom is 0.338 e. The van der Waals surface area contributed by atoms with E-state index in [1.807, 2.05) is 0 Å². The highest BCUT2D eigenvalue weighted by atomic mass is 35.5. The van der Waals surface area contributed by atoms with Gasteiger partial charge in [-0.1, -0.05) is 24.9 Å². The van der Waals surface area contributed by atoms with Crippen LogP contribution in [0.1, 0.15) is 36.5 Å². The van der Waals surface area contributed by atoms with Crippen LogP contribution in [0.2, 0.25) is 5.02 Å². The number of hydrogen-bond acceptors (Lipinski definition) is 4. The highest BCUT2D eigenvalue weighted by Crippen LogP contribution is 2.41. The minimum Gasteiger partial charge on any atom is -0.478 e. The van der Waals surface area contributed by atoms with Crippen LogP contribution in [0.3, 0.4) is 0 Å². The number of anilines is 1. The molecule has 1 saturated carbocycles. The molecule has 20 heavy (non-hydrogen) atoms. The quantitative estimate of drug-likeness (QED) is 0.640. The fourth-order valence-electron chi connectivity index (χ4n) is 2.31. The van der Waals surface area contributed by atoms with Crippen molar-refractivity contribution in [1.82, 2.24) is 0 Å². The van der Waals surface area contributed by atoms with Gasteiger partial charge in [0.25, 0.3) is 5.69 Å². The van der Waals surface area contributed by atoms with Gasteiger partial charge in [-0.15, -0.1) is 0 Å². The molecule has 0 saturated heterocycles. The smallest absolute Gasteiger partial charge is 0.338 e. The highest BCUT2D eigenvalue weighted by molar-refractivity contribution is 6.34. The van der Waals surface area contributed by atoms with Crippen LogP contribution in [0.4, 0.5) is 11.4 Å². The molecule has 0 amide bonds. The molecule has 2 N–H and O–H groups in total. The number of halogens is 1. The second-order valence-corrected chi connectivity index (χ2v) is 5.84. The Morgan fingerprint density at radius 2 is 2.20 bits per heavy atom. The third kappa shape index (κ3) is 2.85. The van der Waals surface area contributed by atoms with Gasteiger partial charge in [-0.2, -0.15) is 0 Å². The first-order chi connectivity index (χ1) is 9.32. The molecule has 1 aromatic rings. The average Bonchev–Trinajstić information content (AvgIpc) is 2.33. The number of nitrogens with one attached hydrogen (secondary N) is 1. The Morgan fingerprint density at radius 1 is 1.55 bits per heavy atom. The summed E-state index contributed by atoms with van der Waals surface area (Å²) in [5.74, 6) is -1.24. The molecular formula is C13H15ClN2O4. The van der Waals surface area contributed by atoms with Crippen molar-refractivity contribution in [1.29, 1.82) is 0 Å². The molecule has 7 heteroatoms. The van der Waals surface area contributed by atoms with Crippen LogP contribution >= 0.6 is 11.6 Å². The third-order valence-corrected chi connectivity index (χ3v) is 4.07. The molecule has 1 aliphatic rings. The number of nitro benzene ring substituents is 1. The second-order valence-electron chi connectivity index (χ2n) is 5.43. The van der Waals surface area contributed by atoms with Crippen LogP contribution in [-0.2, 0) is 0 Å². The van der Waals surface area contributed by atoms with E-state index in [0.29, 0.717) is 6.54 Å². The largest absolute Gasteiger partial charge is 0.478 e. The number of nitrogens with zero attached hydrogens (tertiary/aromatic N) is 1. The summed E-state index contributed by atoms with van der Waals surface area (Å²) in [6.45, 7) is 2.72. The monoisotopic (exact) mass is 298 g/mol. The lowest BCUT2D eigenvalue weighted by molar-refractivity contribution is -0.384. The van der Waals surface area contributed by atoms with Crippen LogP contribution in [-0.4, -0.2) is 22.5 Å². The molecule has 2 rings (SSSR count). The standard InChI is InChI=1S/C13H15ClN2O4/c1-13(3-2-4-13)7-15-11-9(12(17)18)5-8(16(19)20)6-10(11)14/h5-6,15H,2-4,7H2,1H3,(H,17,18). The number of carboxylic acid groups (broad SMARTS) is 1. The topological polar surface area (TPSA) is 92.5 Å². The fraction of sp³-hybridized carbons (Fsp3) is 0.462. The number of benzene rings is 1. The minimum absolute atomic E-state index is 0.0551. The van der Waals surface area contributed by atoms with E-state index < -0.39 is 10.9 Å². The summed E-state index contributed by atoms with van der Waals surface area (Å²) in [7, 11) is 0. The summed E-state index contributed by atoms with van der Waals surface area (Å²) in [5, 5.41) is 23.0. The van der Waals surface area contributed by atoms with Crippen molar-refractivity contribution in [2.45, 2.75) is 26.2 Å². The molecule has 1 aromatic carbocycles. The zero-order chi connectivity index (χ0) is 14.9. The van der Waals surface area contributed by atoms with Gasteiger partial charge < -0.3 is 10.4 Å². The van der Waals surface area contributed by atoms with Gasteiger partial charge in [0.2, 0.25) is 0 Å². The number of carbonyl (C=O) groups is 1. The average molecular weight is 299 g/mol. The lowest BCUT2D eigenvalue weighted by Crippen LogP contribution is -2.33. The normalized spacial score (nSPS) is 16.3. The maximum atomic E-state index is 11.2. The zero-order valence-corrected chi connectivity index (χ0v) is 11.7. The van der Waals surface area contributed by atoms with Gasteiger partial charge in [-0.3, -0.25) is 10.1 Å². The van der Waals surface area contributed by atoms with Gasteiger partial charge in [0.1, 0.15) is 0 Å². The summed E-state index contributed by atoms with van der Waals surface area (Å²) in [6.07, 6.45) is 3.32. The SMILES string of the molecule is CC1(CNc2c(Cl)cc([N+](=O)[O-])cc2C(=O)O)CCC1. The molecule has 108 valence electrons. The van der Waals surface area contributed by atoms with Crippen molar-refractivity contribution in [3.8, 4) is 0 Å². The fourth-order valence-corrected chi connectivity index (χ4v) is 2.59. The van der Waals surface area contributed by atoms with E-state index in [2.05, 4.69) is 12.2 Å². The molecule has 0 aromatic heterocycles. The first-order valence-electron chi connectivity index (χ1n) is 6.27. The molecular weight excluding hydrogens is 284 g/mol. The van der Waals surface area contributed by atoms with Crippen LogP contribution in [0.15, 0.2) is 12.1 Å². The number of aromatic carboxylic acids is 1. The number of rotatable bonds is 5. The molecule has 0 unspecified atom stereocenters. The van der Waals surface area contributed by atoms with Crippen molar-refractivity contribution in [3.63, 3.8) is 0 Å². The maximum absolute atomic E-state index is 11.2. The highest BCUT2D eigenvalue weighted by Gasteiger charge is 2.32. The summed E-state index contributed by atoms with van der Waals surface area (Å²) in [5.41, 5.74) is -0.112. The third-order valence-electron chi connectivity index (χ3n) is 3.77. The molecule has 0 heterocycles. The van der Waals surface area contributed by atoms with Crippen molar-refractivity contribution in [3.05, 3.63) is 32.8 Å². The van der Waals surface area contributed by atoms with Crippen molar-refractivity contribution in [2.24, 2.45) is 5.41 Å². The van der Waals surface area contributed by atoms with Crippen molar-refractivity contribution < 1.29 is 14.8 Å². The first-order valence-corrected chi connectivity index (χ1v) is 6.65. The summed E-state index contributed by atoms with van der Waals surface area (Å²) in [4.78, 5) is 21.3. The van der Waals surface area contributed by atoms with E-state index in [4.69, 9.17) is 11.6 Å². The molecule has 0 aliphatic heterocycles. The second kappa shape index (κ2) is 5.28. The Balaban J connectivity index is 2.30. The van der Waals surface area contributed by atoms with Gasteiger partial charge in [-0.05, 0) is 18.3 Å². The molecule has 1 fully saturated rings. The molecule has 0 atom stereocenters. The van der Waals surface area contributed by atoms with Gasteiger partial charge in [0, 0.05) is 18.7 Å². The zero-order valence-electron chi connectivity index (χ0n) is 11.0. The molecule has 6 nitrogen and oxygen atoms in total. The Bertz CT molecular complexity index is 570. The van der Waals surface area contributed by atoms with E-state index >= 15 is 0 Å². The Hall–Kier alpha value is -1.82. The Kier molecular flexibility index (Phi) is 3.85. The van der Waals surface area contributed by atoms with Crippen LogP contribution < -0.4 is 5.32 Å². The predicted molar refractivity (Wildman–Crippen MR) is 75.5 cm³/mol. The number of nitro groups is 1. The summed E-state index contributed by atoms with van der Waals surface area (Å²) >= 11 is 5.98. The number of non-ortho nitro benzene ring substituents is 1. The molecule has 0 radical (unpaired) electrons. The summed E-state index contributed by atoms with van der Waals surface area (Å²) in [6, 6.07) is 2.19. The minimum atomic E-state index is -1.24. The lowest BCUT2D eigenvalue weighted by atomic mass is 9.70. The van der Waals surface area contributed by atoms with E-state index in [-0.39, 0.29) is 27.4 Å². The first kappa shape index (κ1) is 14.6. The van der Waals surface area contributed by atoms with Crippen molar-refractivity contribution in [2.75, 3.05) is 11.9 Å². The summed E-state index contributed by atoms with van der Waals surface area (Å²) < 4.78 is 0. The van der Waals surface area contributed by atoms with Crippen LogP contribution in [0, 0.1) is 15.5 Å². The van der Waals surface area contributed by atoms with Gasteiger partial charge in [0.05, 0.1) is 21.2 Å². The number of hydrogen-bond donors (Lipinski definition) is 2. The van der Waals surface area contributed by atoms with Crippen molar-refractivity contribution >= 4 is 28.9 Å². The van der Waals surface area contributed by atoms with Gasteiger partial charge in [0.15, 0.2) is 0 Å². The Labute approximate surface area is 120 Å². The lowest BCUT2D eigenvalue weighted by Gasteiger charge is -2.38. The van der Waals surface area contributed by atoms with Gasteiger partial charge in [-0.25, -0.2) is 4.79 Å². The van der Waals surface area contributed by atoms with E-state index in [1.165, 1.54) is 6.07 Å². The van der Waals surface area contributed by atoms with E-state index in [1.54, 1.807) is 0 Å². The van der Waals surface area contributed by atoms with Crippen LogP contribution in [0.25, 0.3) is 0 Å². The van der Waals surface area contributed by atoms with Gasteiger partial charge >= 0.3 is 5.97 Å². The Morgan fingerprint density at radius 3 is 2.65 bits per heavy atom. The molecule has 1 aliphatic carbocycles. The van der Waals surface area contributed by atoms with E-state index in [0.717, 1.165) is 25.3 Å². The van der Waals surface area contributed by atoms with E-state index in [9.17, 15) is 20.0 Å². The predicted octanol–water partition coefficient (Wildman–Crippen LogP) is 3.55. The number of carboxylic acids is 1. The van der Waals surface area contributed by atoms with Crippen LogP contribution in [0.5, 0.6) is 0 Å².